The zero-order valence-corrected chi connectivity index (χ0v) is 23.3. The summed E-state index contributed by atoms with van der Waals surface area (Å²) in [6, 6.07) is 10.8. The monoisotopic (exact) mass is 524 g/mol. The molecule has 2 aromatic carbocycles. The number of aldehydes is 1. The first kappa shape index (κ1) is 31.9. The maximum absolute atomic E-state index is 12.3. The van der Waals surface area contributed by atoms with Crippen molar-refractivity contribution in [2.75, 3.05) is 26.0 Å². The quantitative estimate of drug-likeness (QED) is 0.251. The molecule has 1 saturated heterocycles. The summed E-state index contributed by atoms with van der Waals surface area (Å²) in [6.45, 7) is 11.6. The number of rotatable bonds is 8. The van der Waals surface area contributed by atoms with Crippen LogP contribution in [0.2, 0.25) is 0 Å². The molecule has 1 aliphatic rings. The highest BCUT2D eigenvalue weighted by atomic mass is 32.1. The van der Waals surface area contributed by atoms with Gasteiger partial charge >= 0.3 is 7.12 Å². The lowest BCUT2D eigenvalue weighted by atomic mass is 9.75. The van der Waals surface area contributed by atoms with Crippen LogP contribution < -0.4 is 20.8 Å². The van der Waals surface area contributed by atoms with Crippen LogP contribution in [-0.2, 0) is 15.9 Å². The lowest BCUT2D eigenvalue weighted by Crippen LogP contribution is -2.41. The molecule has 200 valence electrons. The Morgan fingerprint density at radius 3 is 2.19 bits per heavy atom. The number of hydrogen-bond acceptors (Lipinski definition) is 7. The van der Waals surface area contributed by atoms with E-state index in [0.29, 0.717) is 11.1 Å². The fourth-order valence-corrected chi connectivity index (χ4v) is 3.43. The highest BCUT2D eigenvalue weighted by Gasteiger charge is 2.52. The first-order valence-electron chi connectivity index (χ1n) is 11.9. The Morgan fingerprint density at radius 1 is 1.08 bits per heavy atom. The highest BCUT2D eigenvalue weighted by molar-refractivity contribution is 7.80. The third-order valence-corrected chi connectivity index (χ3v) is 6.26. The van der Waals surface area contributed by atoms with E-state index in [4.69, 9.17) is 14.0 Å². The summed E-state index contributed by atoms with van der Waals surface area (Å²) in [6.07, 6.45) is -1.70. The van der Waals surface area contributed by atoms with Gasteiger partial charge in [0.05, 0.1) is 24.9 Å². The van der Waals surface area contributed by atoms with Gasteiger partial charge in [-0.15, -0.1) is 12.6 Å². The zero-order chi connectivity index (χ0) is 27.5. The number of anilines is 1. The van der Waals surface area contributed by atoms with Crippen molar-refractivity contribution in [1.29, 1.82) is 0 Å². The van der Waals surface area contributed by atoms with Crippen molar-refractivity contribution in [1.82, 2.24) is 5.32 Å². The van der Waals surface area contributed by atoms with Gasteiger partial charge in [0, 0.05) is 35.8 Å². The number of methoxy groups -OCH3 is 1. The molecule has 0 unspecified atom stereocenters. The molecule has 2 N–H and O–H groups in total. The van der Waals surface area contributed by atoms with Crippen LogP contribution in [0.5, 0.6) is 5.75 Å². The van der Waals surface area contributed by atoms with Gasteiger partial charge in [-0.3, -0.25) is 4.79 Å². The molecule has 1 aliphatic heterocycles. The molecule has 0 aromatic heterocycles. The van der Waals surface area contributed by atoms with E-state index in [9.17, 15) is 13.6 Å². The molecule has 0 bridgehead atoms. The molecule has 0 spiro atoms. The van der Waals surface area contributed by atoms with Crippen molar-refractivity contribution < 1.29 is 27.6 Å². The topological polar surface area (TPSA) is 68.8 Å². The van der Waals surface area contributed by atoms with Crippen LogP contribution in [0, 0.1) is 0 Å². The second kappa shape index (κ2) is 14.6. The summed E-state index contributed by atoms with van der Waals surface area (Å²) in [5.41, 5.74) is 1.99. The Kier molecular flexibility index (Phi) is 12.9. The van der Waals surface area contributed by atoms with Crippen LogP contribution in [0.4, 0.5) is 14.5 Å². The third kappa shape index (κ3) is 8.76. The molecule has 3 rings (SSSR count). The van der Waals surface area contributed by atoms with Crippen molar-refractivity contribution in [3.63, 3.8) is 0 Å². The predicted octanol–water partition coefficient (Wildman–Crippen LogP) is 5.20. The van der Waals surface area contributed by atoms with Crippen molar-refractivity contribution in [2.24, 2.45) is 0 Å². The molecule has 10 heteroatoms. The molecule has 6 nitrogen and oxygen atoms in total. The molecule has 0 saturated carbocycles. The van der Waals surface area contributed by atoms with E-state index in [1.807, 2.05) is 66.8 Å². The Hall–Kier alpha value is -2.14. The lowest BCUT2D eigenvalue weighted by Gasteiger charge is -2.32. The fourth-order valence-electron chi connectivity index (χ4n) is 3.20. The smallest absolute Gasteiger partial charge is 0.495 e. The second-order valence-electron chi connectivity index (χ2n) is 8.82. The molecule has 36 heavy (non-hydrogen) atoms. The van der Waals surface area contributed by atoms with Gasteiger partial charge in [-0.05, 0) is 56.9 Å². The van der Waals surface area contributed by atoms with Crippen molar-refractivity contribution in [2.45, 2.75) is 70.6 Å². The molecule has 1 heterocycles. The normalized spacial score (nSPS) is 15.4. The SMILES string of the molecule is CC.CC1(C)OB(c2ccc(C=O)cc2CNCC(F)F)OC1(C)C.CNc1ccc(S)c(OC)c1. The molecule has 0 radical (unpaired) electrons. The average Bonchev–Trinajstić information content (AvgIpc) is 3.07. The van der Waals surface area contributed by atoms with Gasteiger partial charge in [0.25, 0.3) is 6.43 Å². The van der Waals surface area contributed by atoms with Crippen LogP contribution in [0.15, 0.2) is 41.3 Å². The van der Waals surface area contributed by atoms with Gasteiger partial charge in [-0.25, -0.2) is 8.78 Å². The number of ether oxygens (including phenoxy) is 1. The summed E-state index contributed by atoms with van der Waals surface area (Å²) in [4.78, 5) is 11.8. The molecular formula is C26H39BF2N2O4S. The predicted molar refractivity (Wildman–Crippen MR) is 146 cm³/mol. The number of benzene rings is 2. The van der Waals surface area contributed by atoms with Crippen LogP contribution in [0.1, 0.15) is 57.5 Å². The molecular weight excluding hydrogens is 485 g/mol. The third-order valence-electron chi connectivity index (χ3n) is 5.89. The first-order valence-corrected chi connectivity index (χ1v) is 12.4. The van der Waals surface area contributed by atoms with E-state index >= 15 is 0 Å². The standard InChI is InChI=1S/C16H22BF2NO3.C8H11NOS.C2H6/c1-15(2)16(3,4)23-17(22-15)13-6-5-11(10-21)7-12(13)8-20-9-14(18)19;1-9-6-3-4-8(11)7(5-6)10-2;1-2/h5-7,10,14,20H,8-9H2,1-4H3;3-5,9,11H,1-2H3;1-2H3. The number of carbonyl (C=O) groups is 1. The van der Waals surface area contributed by atoms with Crippen LogP contribution >= 0.6 is 12.6 Å². The van der Waals surface area contributed by atoms with E-state index < -0.39 is 31.3 Å². The first-order chi connectivity index (χ1) is 16.9. The number of thiol groups is 1. The van der Waals surface area contributed by atoms with E-state index in [-0.39, 0.29) is 6.54 Å². The summed E-state index contributed by atoms with van der Waals surface area (Å²) in [5.74, 6) is 0.792. The average molecular weight is 524 g/mol. The fraction of sp³-hybridized carbons (Fsp3) is 0.500. The Balaban J connectivity index is 0.000000417. The highest BCUT2D eigenvalue weighted by Crippen LogP contribution is 2.36. The Labute approximate surface area is 220 Å². The molecule has 0 aliphatic carbocycles. The van der Waals surface area contributed by atoms with Crippen LogP contribution in [0.3, 0.4) is 0 Å². The summed E-state index contributed by atoms with van der Waals surface area (Å²) >= 11 is 4.21. The van der Waals surface area contributed by atoms with Gasteiger partial charge in [0.1, 0.15) is 12.0 Å². The Morgan fingerprint density at radius 2 is 1.69 bits per heavy atom. The van der Waals surface area contributed by atoms with E-state index in [1.165, 1.54) is 0 Å². The summed E-state index contributed by atoms with van der Waals surface area (Å²) in [7, 11) is 2.91. The molecule has 0 atom stereocenters. The number of carbonyl (C=O) groups excluding carboxylic acids is 1. The lowest BCUT2D eigenvalue weighted by molar-refractivity contribution is 0.00578. The molecule has 1 fully saturated rings. The number of alkyl halides is 2. The largest absolute Gasteiger partial charge is 0.496 e. The minimum Gasteiger partial charge on any atom is -0.496 e. The van der Waals surface area contributed by atoms with Crippen molar-refractivity contribution >= 4 is 37.2 Å². The summed E-state index contributed by atoms with van der Waals surface area (Å²) in [5, 5.41) is 5.70. The van der Waals surface area contributed by atoms with Gasteiger partial charge < -0.3 is 24.7 Å². The van der Waals surface area contributed by atoms with Gasteiger partial charge in [-0.2, -0.15) is 0 Å². The number of nitrogens with one attached hydrogen (secondary N) is 2. The van der Waals surface area contributed by atoms with Gasteiger partial charge in [-0.1, -0.05) is 26.0 Å². The second-order valence-corrected chi connectivity index (χ2v) is 9.30. The minimum atomic E-state index is -2.43. The van der Waals surface area contributed by atoms with Gasteiger partial charge in [0.2, 0.25) is 0 Å². The zero-order valence-electron chi connectivity index (χ0n) is 22.4. The van der Waals surface area contributed by atoms with E-state index in [0.717, 1.165) is 28.1 Å². The maximum atomic E-state index is 12.3. The number of hydrogen-bond donors (Lipinski definition) is 3. The van der Waals surface area contributed by atoms with Crippen molar-refractivity contribution in [3.8, 4) is 5.75 Å². The summed E-state index contributed by atoms with van der Waals surface area (Å²) < 4.78 is 41.7. The van der Waals surface area contributed by atoms with Crippen LogP contribution in [0.25, 0.3) is 0 Å². The van der Waals surface area contributed by atoms with Gasteiger partial charge in [0.15, 0.2) is 0 Å². The molecule has 2 aromatic rings. The van der Waals surface area contributed by atoms with Crippen molar-refractivity contribution in [3.05, 3.63) is 47.5 Å². The van der Waals surface area contributed by atoms with E-state index in [2.05, 4.69) is 23.3 Å². The Bertz CT molecular complexity index is 961. The van der Waals surface area contributed by atoms with Crippen LogP contribution in [-0.4, -0.2) is 51.7 Å². The maximum Gasteiger partial charge on any atom is 0.495 e. The number of halogens is 2. The van der Waals surface area contributed by atoms with E-state index in [1.54, 1.807) is 25.3 Å². The molecule has 0 amide bonds. The minimum absolute atomic E-state index is 0.214.